The standard InChI is InChI=1S/C73H24/c1-12(13-10-8-7-9-11-13)73-66-64-65-67(73)71(5)59-49-39-29-21-16-14-15-17-18(16)23-31(29)41-43-33(23)32-22(17)30-28-20(15)26-24-19(14)25-27(21)37(39)47-45-35(25)34(24)44-46-36(26)38(28)48-50-40(30)42(32)52-53(43)63(61(71)51(41)49)72(73,6)62(52)60(50)70(66,4)58(48)56(46)68(64,2)54(44)55(45)69(65,3)57(47)59/h7-12H,1-6H3. The molecule has 22 aromatic rings. The summed E-state index contributed by atoms with van der Waals surface area (Å²) < 4.78 is 0. The Balaban J connectivity index is 1.15. The predicted molar refractivity (Wildman–Crippen MR) is 302 cm³/mol. The van der Waals surface area contributed by atoms with Crippen LogP contribution in [-0.2, 0) is 27.1 Å². The van der Waals surface area contributed by atoms with Gasteiger partial charge in [-0.2, -0.15) is 0 Å². The quantitative estimate of drug-likeness (QED) is 0.152. The summed E-state index contributed by atoms with van der Waals surface area (Å²) in [6, 6.07) is 12.2. The van der Waals surface area contributed by atoms with Gasteiger partial charge in [0.1, 0.15) is 0 Å². The first-order chi connectivity index (χ1) is 35.7. The maximum Gasteiger partial charge on any atom is 0.0446 e. The molecule has 0 aromatic heterocycles. The summed E-state index contributed by atoms with van der Waals surface area (Å²) >= 11 is 0. The summed E-state index contributed by atoms with van der Waals surface area (Å²) in [5.74, 6) is 0.245. The van der Waals surface area contributed by atoms with Crippen molar-refractivity contribution in [1.82, 2.24) is 0 Å². The largest absolute Gasteiger partial charge is 0.0622 e. The fourth-order valence-corrected chi connectivity index (χ4v) is 28.7. The molecule has 316 valence electrons. The van der Waals surface area contributed by atoms with Crippen molar-refractivity contribution in [2.24, 2.45) is 5.41 Å². The van der Waals surface area contributed by atoms with Crippen LogP contribution in [0.3, 0.4) is 0 Å². The lowest BCUT2D eigenvalue weighted by atomic mass is 9.34. The van der Waals surface area contributed by atoms with E-state index in [1.54, 1.807) is 271 Å². The van der Waals surface area contributed by atoms with Crippen molar-refractivity contribution >= 4 is 215 Å². The zero-order valence-electron chi connectivity index (χ0n) is 40.0. The highest BCUT2D eigenvalue weighted by Gasteiger charge is 2.84. The molecule has 73 heavy (non-hydrogen) atoms. The second-order valence-electron chi connectivity index (χ2n) is 28.8. The van der Waals surface area contributed by atoms with Crippen LogP contribution in [0.4, 0.5) is 0 Å². The van der Waals surface area contributed by atoms with Gasteiger partial charge in [-0.05, 0) is 333 Å². The first-order valence-electron chi connectivity index (χ1n) is 28.1. The third-order valence-electron chi connectivity index (χ3n) is 28.8. The van der Waals surface area contributed by atoms with Gasteiger partial charge in [0.05, 0.1) is 0 Å². The van der Waals surface area contributed by atoms with Crippen LogP contribution in [0.5, 0.6) is 0 Å². The van der Waals surface area contributed by atoms with E-state index in [-0.39, 0.29) is 38.4 Å². The molecule has 0 radical (unpaired) electrons. The predicted octanol–water partition coefficient (Wildman–Crippen LogP) is 18.2. The summed E-state index contributed by atoms with van der Waals surface area (Å²) in [4.78, 5) is 0. The Labute approximate surface area is 407 Å². The van der Waals surface area contributed by atoms with Crippen molar-refractivity contribution in [3.8, 4) is 0 Å². The maximum absolute atomic E-state index is 2.95. The van der Waals surface area contributed by atoms with E-state index in [9.17, 15) is 0 Å². The van der Waals surface area contributed by atoms with E-state index >= 15 is 0 Å². The van der Waals surface area contributed by atoms with Crippen molar-refractivity contribution in [3.05, 3.63) is 114 Å². The molecule has 0 amide bonds. The molecule has 0 spiro atoms. The molecule has 22 aromatic carbocycles. The van der Waals surface area contributed by atoms with E-state index in [4.69, 9.17) is 0 Å². The highest BCUT2D eigenvalue weighted by Crippen LogP contribution is 2.94. The Morgan fingerprint density at radius 1 is 0.247 bits per heavy atom. The summed E-state index contributed by atoms with van der Waals surface area (Å²) in [6.07, 6.45) is 0. The van der Waals surface area contributed by atoms with Crippen molar-refractivity contribution < 1.29 is 0 Å². The molecule has 0 nitrogen and oxygen atoms in total. The van der Waals surface area contributed by atoms with Crippen LogP contribution in [0.15, 0.2) is 52.6 Å². The molecule has 5 atom stereocenters. The van der Waals surface area contributed by atoms with Crippen LogP contribution >= 0.6 is 0 Å². The third kappa shape index (κ3) is 1.50. The molecule has 33 rings (SSSR count). The van der Waals surface area contributed by atoms with Crippen molar-refractivity contribution in [2.45, 2.75) is 74.5 Å². The van der Waals surface area contributed by atoms with Crippen LogP contribution in [0, 0.1) is 5.41 Å². The Bertz CT molecular complexity index is 6730. The molecule has 5 unspecified atom stereocenters. The molecule has 0 saturated heterocycles. The normalized spacial score (nSPS) is 31.9. The number of hydrogen-bond acceptors (Lipinski definition) is 0. The minimum atomic E-state index is -0.301. The smallest absolute Gasteiger partial charge is 0.0446 e. The van der Waals surface area contributed by atoms with Crippen LogP contribution < -0.4 is 0 Å². The van der Waals surface area contributed by atoms with E-state index in [0.717, 1.165) is 0 Å². The average Bonchev–Trinajstić information content (AvgIpc) is 3.08. The molecule has 0 fully saturated rings. The maximum atomic E-state index is 2.95. The van der Waals surface area contributed by atoms with Crippen LogP contribution in [0.1, 0.15) is 109 Å². The lowest BCUT2D eigenvalue weighted by Gasteiger charge is -2.67. The molecule has 0 N–H and O–H groups in total. The molecule has 0 heterocycles. The van der Waals surface area contributed by atoms with Gasteiger partial charge in [-0.15, -0.1) is 0 Å². The van der Waals surface area contributed by atoms with Crippen LogP contribution in [-0.4, -0.2) is 0 Å². The highest BCUT2D eigenvalue weighted by molar-refractivity contribution is 6.77. The Kier molecular flexibility index (Phi) is 2.52. The molecule has 0 bridgehead atoms. The molecule has 0 aliphatic heterocycles. The number of allylic oxidation sites excluding steroid dienone is 4. The van der Waals surface area contributed by atoms with Crippen LogP contribution in [0.2, 0.25) is 0 Å². The van der Waals surface area contributed by atoms with Gasteiger partial charge in [-0.3, -0.25) is 0 Å². The molecule has 11 aliphatic rings. The van der Waals surface area contributed by atoms with Gasteiger partial charge in [0.15, 0.2) is 0 Å². The monoisotopic (exact) mass is 900 g/mol. The Morgan fingerprint density at radius 2 is 0.452 bits per heavy atom. The molecular weight excluding hydrogens is 877 g/mol. The average molecular weight is 901 g/mol. The van der Waals surface area contributed by atoms with E-state index in [2.05, 4.69) is 71.9 Å². The number of rotatable bonds is 2. The van der Waals surface area contributed by atoms with Crippen molar-refractivity contribution in [1.29, 1.82) is 0 Å². The highest BCUT2D eigenvalue weighted by atomic mass is 14.8. The molecule has 11 aliphatic carbocycles. The second kappa shape index (κ2) is 6.33. The first-order valence-corrected chi connectivity index (χ1v) is 28.1. The zero-order valence-corrected chi connectivity index (χ0v) is 40.0. The minimum Gasteiger partial charge on any atom is -0.0622 e. The van der Waals surface area contributed by atoms with Crippen molar-refractivity contribution in [2.75, 3.05) is 0 Å². The lowest BCUT2D eigenvalue weighted by molar-refractivity contribution is 0.161. The summed E-state index contributed by atoms with van der Waals surface area (Å²) in [7, 11) is 0. The SMILES string of the molecule is CC(c1ccccc1)C12C3=C4C5=C1C1(C)c6c7c8c9c(c%10c%11c%12c(c%13c%14c%15c(c%16c%17c%18c(c1c1c6c6c8c8c%19c9c%11c9c%11c%12c%14c%12c%14c%15c%17c%15c%17c%18c1c1c6c8c6c(c9%19)c(c%11%12)c(c%14%15)c6c1%17)C%162C)C3%13C)C4%10C)C57C. The third-order valence-corrected chi connectivity index (χ3v) is 28.8. The van der Waals surface area contributed by atoms with Gasteiger partial charge in [0, 0.05) is 32.5 Å². The van der Waals surface area contributed by atoms with Gasteiger partial charge in [-0.1, -0.05) is 44.2 Å². The summed E-state index contributed by atoms with van der Waals surface area (Å²) in [6.45, 7) is 17.3. The summed E-state index contributed by atoms with van der Waals surface area (Å²) in [5, 5.41) is 67.7. The molecular formula is C73H24. The van der Waals surface area contributed by atoms with E-state index in [1.165, 1.54) is 5.56 Å². The van der Waals surface area contributed by atoms with Gasteiger partial charge in [0.2, 0.25) is 0 Å². The van der Waals surface area contributed by atoms with E-state index < -0.39 is 0 Å². The number of hydrogen-bond donors (Lipinski definition) is 0. The first kappa shape index (κ1) is 29.0. The summed E-state index contributed by atoms with van der Waals surface area (Å²) in [5.41, 5.74) is 25.1. The van der Waals surface area contributed by atoms with Crippen molar-refractivity contribution in [3.63, 3.8) is 0 Å². The van der Waals surface area contributed by atoms with Gasteiger partial charge in [0.25, 0.3) is 0 Å². The topological polar surface area (TPSA) is 0 Å². The Morgan fingerprint density at radius 3 is 0.712 bits per heavy atom. The minimum absolute atomic E-state index is 0.245. The second-order valence-corrected chi connectivity index (χ2v) is 28.8. The lowest BCUT2D eigenvalue weighted by Crippen LogP contribution is -2.62. The van der Waals surface area contributed by atoms with Gasteiger partial charge < -0.3 is 0 Å². The molecule has 0 heteroatoms. The van der Waals surface area contributed by atoms with Gasteiger partial charge >= 0.3 is 0 Å². The van der Waals surface area contributed by atoms with E-state index in [1.807, 2.05) is 22.3 Å². The number of benzene rings is 16. The fraction of sp³-hybridized carbons (Fsp3) is 0.178. The Hall–Kier alpha value is -7.80. The van der Waals surface area contributed by atoms with E-state index in [0.29, 0.717) is 0 Å². The van der Waals surface area contributed by atoms with Gasteiger partial charge in [-0.25, -0.2) is 0 Å². The van der Waals surface area contributed by atoms with Crippen LogP contribution in [0.25, 0.3) is 215 Å². The molecule has 0 saturated carbocycles. The fourth-order valence-electron chi connectivity index (χ4n) is 28.7. The zero-order chi connectivity index (χ0) is 44.9.